The van der Waals surface area contributed by atoms with E-state index in [0.29, 0.717) is 17.6 Å². The molecule has 0 radical (unpaired) electrons. The van der Waals surface area contributed by atoms with Crippen molar-refractivity contribution < 1.29 is 9.53 Å². The van der Waals surface area contributed by atoms with Crippen LogP contribution in [0.15, 0.2) is 46.2 Å². The first-order valence-corrected chi connectivity index (χ1v) is 9.29. The van der Waals surface area contributed by atoms with Crippen LogP contribution in [0.1, 0.15) is 24.8 Å². The normalized spacial score (nSPS) is 14.9. The number of benzene rings is 1. The number of fused-ring (bicyclic) bond motifs is 1. The monoisotopic (exact) mass is 382 g/mol. The topological polar surface area (TPSA) is 88.1 Å². The number of carbonyl (C=O) groups excluding carboxylic acids is 1. The van der Waals surface area contributed by atoms with Gasteiger partial charge in [0.25, 0.3) is 5.56 Å². The molecule has 0 aliphatic heterocycles. The number of imidazole rings is 1. The van der Waals surface area contributed by atoms with E-state index in [1.807, 2.05) is 30.3 Å². The van der Waals surface area contributed by atoms with E-state index in [4.69, 9.17) is 4.74 Å². The van der Waals surface area contributed by atoms with Gasteiger partial charge in [-0.2, -0.15) is 0 Å². The molecule has 1 fully saturated rings. The van der Waals surface area contributed by atoms with Crippen LogP contribution in [0.2, 0.25) is 0 Å². The number of hydrogen-bond acceptors (Lipinski definition) is 5. The molecule has 0 saturated heterocycles. The summed E-state index contributed by atoms with van der Waals surface area (Å²) in [5.41, 5.74) is 0.380. The van der Waals surface area contributed by atoms with Gasteiger partial charge in [0.05, 0.1) is 18.3 Å². The van der Waals surface area contributed by atoms with Gasteiger partial charge in [0.15, 0.2) is 11.2 Å². The third-order valence-electron chi connectivity index (χ3n) is 5.43. The zero-order valence-corrected chi connectivity index (χ0v) is 15.9. The van der Waals surface area contributed by atoms with E-state index in [9.17, 15) is 14.4 Å². The Morgan fingerprint density at radius 1 is 1.18 bits per heavy atom. The second-order valence-electron chi connectivity index (χ2n) is 7.26. The zero-order chi connectivity index (χ0) is 19.9. The molecule has 8 nitrogen and oxygen atoms in total. The van der Waals surface area contributed by atoms with Gasteiger partial charge >= 0.3 is 11.7 Å². The summed E-state index contributed by atoms with van der Waals surface area (Å²) in [6, 6.07) is 9.64. The highest BCUT2D eigenvalue weighted by Crippen LogP contribution is 2.49. The number of rotatable bonds is 6. The van der Waals surface area contributed by atoms with Gasteiger partial charge in [-0.1, -0.05) is 30.3 Å². The number of nitrogens with zero attached hydrogens (tertiary/aromatic N) is 4. The Labute approximate surface area is 161 Å². The predicted octanol–water partition coefficient (Wildman–Crippen LogP) is 1.10. The fourth-order valence-electron chi connectivity index (χ4n) is 3.61. The third kappa shape index (κ3) is 2.85. The molecule has 146 valence electrons. The van der Waals surface area contributed by atoms with Crippen LogP contribution < -0.4 is 11.2 Å². The Balaban J connectivity index is 1.44. The molecular weight excluding hydrogens is 360 g/mol. The molecule has 8 heteroatoms. The summed E-state index contributed by atoms with van der Waals surface area (Å²) in [4.78, 5) is 41.8. The van der Waals surface area contributed by atoms with Crippen LogP contribution in [0.3, 0.4) is 0 Å². The molecule has 2 aromatic heterocycles. The van der Waals surface area contributed by atoms with Crippen molar-refractivity contribution in [3.63, 3.8) is 0 Å². The summed E-state index contributed by atoms with van der Waals surface area (Å²) in [6.07, 6.45) is 3.46. The Hall–Kier alpha value is -3.16. The second kappa shape index (κ2) is 6.78. The molecule has 4 rings (SSSR count). The minimum absolute atomic E-state index is 0.159. The standard InChI is InChI=1S/C20H22N4O4/c1-22-13-21-16-15(22)17(25)24(19(27)23(16)2)11-6-12-28-18(26)20(9-10-20)14-7-4-3-5-8-14/h3-5,7-8,13H,6,9-12H2,1-2H3. The van der Waals surface area contributed by atoms with E-state index in [2.05, 4.69) is 4.98 Å². The summed E-state index contributed by atoms with van der Waals surface area (Å²) < 4.78 is 9.60. The number of hydrogen-bond donors (Lipinski definition) is 0. The fraction of sp³-hybridized carbons (Fsp3) is 0.400. The Kier molecular flexibility index (Phi) is 4.41. The van der Waals surface area contributed by atoms with Crippen LogP contribution in [-0.2, 0) is 35.6 Å². The van der Waals surface area contributed by atoms with E-state index in [0.717, 1.165) is 18.4 Å². The Morgan fingerprint density at radius 2 is 1.89 bits per heavy atom. The number of aryl methyl sites for hydroxylation is 2. The molecule has 3 aromatic rings. The van der Waals surface area contributed by atoms with Crippen molar-refractivity contribution >= 4 is 17.1 Å². The molecule has 2 heterocycles. The summed E-state index contributed by atoms with van der Waals surface area (Å²) in [7, 11) is 3.30. The molecule has 1 aromatic carbocycles. The van der Waals surface area contributed by atoms with Crippen molar-refractivity contribution in [3.05, 3.63) is 63.1 Å². The maximum atomic E-state index is 12.6. The highest BCUT2D eigenvalue weighted by Gasteiger charge is 2.52. The molecule has 1 aliphatic rings. The van der Waals surface area contributed by atoms with Crippen molar-refractivity contribution in [3.8, 4) is 0 Å². The summed E-state index contributed by atoms with van der Waals surface area (Å²) in [5.74, 6) is -0.235. The maximum absolute atomic E-state index is 12.6. The number of carbonyl (C=O) groups is 1. The van der Waals surface area contributed by atoms with E-state index in [-0.39, 0.29) is 24.7 Å². The van der Waals surface area contributed by atoms with Crippen LogP contribution in [-0.4, -0.2) is 31.3 Å². The summed E-state index contributed by atoms with van der Waals surface area (Å²) in [6.45, 7) is 0.338. The fourth-order valence-corrected chi connectivity index (χ4v) is 3.61. The van der Waals surface area contributed by atoms with E-state index in [1.165, 1.54) is 15.5 Å². The minimum atomic E-state index is -0.526. The molecule has 28 heavy (non-hydrogen) atoms. The van der Waals surface area contributed by atoms with Crippen molar-refractivity contribution in [2.75, 3.05) is 6.61 Å². The highest BCUT2D eigenvalue weighted by atomic mass is 16.5. The quantitative estimate of drug-likeness (QED) is 0.471. The van der Waals surface area contributed by atoms with Crippen molar-refractivity contribution in [1.29, 1.82) is 0 Å². The molecule has 1 aliphatic carbocycles. The van der Waals surface area contributed by atoms with Gasteiger partial charge in [-0.15, -0.1) is 0 Å². The van der Waals surface area contributed by atoms with E-state index >= 15 is 0 Å². The molecular formula is C20H22N4O4. The van der Waals surface area contributed by atoms with Crippen LogP contribution in [0, 0.1) is 0 Å². The maximum Gasteiger partial charge on any atom is 0.332 e. The van der Waals surface area contributed by atoms with Crippen LogP contribution >= 0.6 is 0 Å². The number of esters is 1. The number of aromatic nitrogens is 4. The van der Waals surface area contributed by atoms with Gasteiger partial charge in [0, 0.05) is 20.6 Å². The van der Waals surface area contributed by atoms with Gasteiger partial charge in [0.1, 0.15) is 0 Å². The molecule has 0 N–H and O–H groups in total. The first-order valence-electron chi connectivity index (χ1n) is 9.29. The van der Waals surface area contributed by atoms with Crippen molar-refractivity contribution in [1.82, 2.24) is 18.7 Å². The smallest absolute Gasteiger partial charge is 0.332 e. The molecule has 0 spiro atoms. The van der Waals surface area contributed by atoms with Crippen LogP contribution in [0.25, 0.3) is 11.2 Å². The zero-order valence-electron chi connectivity index (χ0n) is 15.9. The first-order chi connectivity index (χ1) is 13.5. The largest absolute Gasteiger partial charge is 0.465 e. The van der Waals surface area contributed by atoms with Crippen molar-refractivity contribution in [2.45, 2.75) is 31.2 Å². The van der Waals surface area contributed by atoms with E-state index < -0.39 is 11.1 Å². The molecule has 0 atom stereocenters. The average molecular weight is 382 g/mol. The molecule has 1 saturated carbocycles. The van der Waals surface area contributed by atoms with Gasteiger partial charge in [-0.05, 0) is 24.8 Å². The average Bonchev–Trinajstić information content (AvgIpc) is 3.43. The Bertz CT molecular complexity index is 1150. The molecule has 0 bridgehead atoms. The van der Waals surface area contributed by atoms with Gasteiger partial charge in [-0.3, -0.25) is 18.7 Å². The predicted molar refractivity (Wildman–Crippen MR) is 103 cm³/mol. The van der Waals surface area contributed by atoms with Gasteiger partial charge in [0.2, 0.25) is 0 Å². The summed E-state index contributed by atoms with van der Waals surface area (Å²) in [5, 5.41) is 0. The number of ether oxygens (including phenoxy) is 1. The highest BCUT2D eigenvalue weighted by molar-refractivity contribution is 5.86. The van der Waals surface area contributed by atoms with Gasteiger partial charge in [-0.25, -0.2) is 9.78 Å². The summed E-state index contributed by atoms with van der Waals surface area (Å²) >= 11 is 0. The Morgan fingerprint density at radius 3 is 2.57 bits per heavy atom. The first kappa shape index (κ1) is 18.2. The second-order valence-corrected chi connectivity index (χ2v) is 7.26. The molecule has 0 amide bonds. The van der Waals surface area contributed by atoms with Gasteiger partial charge < -0.3 is 9.30 Å². The van der Waals surface area contributed by atoms with Crippen LogP contribution in [0.5, 0.6) is 0 Å². The minimum Gasteiger partial charge on any atom is -0.465 e. The van der Waals surface area contributed by atoms with Crippen molar-refractivity contribution in [2.24, 2.45) is 14.1 Å². The lowest BCUT2D eigenvalue weighted by molar-refractivity contribution is -0.147. The lowest BCUT2D eigenvalue weighted by Crippen LogP contribution is -2.39. The molecule has 0 unspecified atom stereocenters. The third-order valence-corrected chi connectivity index (χ3v) is 5.43. The SMILES string of the molecule is Cn1cnc2c1c(=O)n(CCCOC(=O)C1(c3ccccc3)CC1)c(=O)n2C. The lowest BCUT2D eigenvalue weighted by atomic mass is 9.96. The lowest BCUT2D eigenvalue weighted by Gasteiger charge is -2.15. The van der Waals surface area contributed by atoms with E-state index in [1.54, 1.807) is 18.7 Å². The van der Waals surface area contributed by atoms with Crippen LogP contribution in [0.4, 0.5) is 0 Å².